The van der Waals surface area contributed by atoms with E-state index in [0.29, 0.717) is 19.4 Å². The fourth-order valence-electron chi connectivity index (χ4n) is 2.46. The molecule has 1 saturated heterocycles. The number of β-amino-alcohol motifs (C(OH)–C–C–N with tert-alkyl or cyclic N) is 1. The Morgan fingerprint density at radius 2 is 2.17 bits per heavy atom. The number of nitrogens with zero attached hydrogens (tertiary/aromatic N) is 1. The molecule has 4 heteroatoms. The van der Waals surface area contributed by atoms with Crippen molar-refractivity contribution in [2.75, 3.05) is 13.7 Å². The Balaban J connectivity index is 1.99. The second kappa shape index (κ2) is 5.98. The van der Waals surface area contributed by atoms with E-state index < -0.39 is 0 Å². The van der Waals surface area contributed by atoms with Crippen molar-refractivity contribution in [3.8, 4) is 0 Å². The van der Waals surface area contributed by atoms with Crippen LogP contribution in [0.15, 0.2) is 30.3 Å². The molecule has 2 atom stereocenters. The van der Waals surface area contributed by atoms with Crippen molar-refractivity contribution in [2.45, 2.75) is 31.5 Å². The molecule has 18 heavy (non-hydrogen) atoms. The van der Waals surface area contributed by atoms with Crippen LogP contribution >= 0.6 is 0 Å². The summed E-state index contributed by atoms with van der Waals surface area (Å²) in [5, 5.41) is 9.74. The molecular weight excluding hydrogens is 230 g/mol. The summed E-state index contributed by atoms with van der Waals surface area (Å²) in [6.45, 7) is 1.39. The molecule has 2 rings (SSSR count). The fourth-order valence-corrected chi connectivity index (χ4v) is 2.46. The number of ether oxygens (including phenoxy) is 1. The van der Waals surface area contributed by atoms with Crippen LogP contribution in [-0.4, -0.2) is 41.8 Å². The number of hydrogen-bond acceptors (Lipinski definition) is 4. The summed E-state index contributed by atoms with van der Waals surface area (Å²) in [6, 6.07) is 10.2. The highest BCUT2D eigenvalue weighted by Crippen LogP contribution is 2.23. The Morgan fingerprint density at radius 3 is 2.83 bits per heavy atom. The number of hydrogen-bond donors (Lipinski definition) is 1. The standard InChI is InChI=1S/C14H19NO3/c1-18-14(17)8-12-7-13(16)10-15(12)9-11-5-3-2-4-6-11/h2-6,12-13,16H,7-10H2,1H3/t12-,13+/m0/s1. The van der Waals surface area contributed by atoms with Gasteiger partial charge in [0.05, 0.1) is 19.6 Å². The zero-order valence-corrected chi connectivity index (χ0v) is 10.6. The highest BCUT2D eigenvalue weighted by atomic mass is 16.5. The van der Waals surface area contributed by atoms with Crippen LogP contribution in [0.25, 0.3) is 0 Å². The van der Waals surface area contributed by atoms with Gasteiger partial charge in [0.1, 0.15) is 0 Å². The van der Waals surface area contributed by atoms with E-state index in [4.69, 9.17) is 4.74 Å². The van der Waals surface area contributed by atoms with E-state index in [2.05, 4.69) is 17.0 Å². The van der Waals surface area contributed by atoms with Crippen molar-refractivity contribution < 1.29 is 14.6 Å². The molecule has 1 N–H and O–H groups in total. The van der Waals surface area contributed by atoms with Crippen LogP contribution in [0.1, 0.15) is 18.4 Å². The van der Waals surface area contributed by atoms with E-state index in [1.807, 2.05) is 18.2 Å². The molecule has 98 valence electrons. The van der Waals surface area contributed by atoms with Crippen LogP contribution in [0.4, 0.5) is 0 Å². The van der Waals surface area contributed by atoms with Gasteiger partial charge in [0.25, 0.3) is 0 Å². The Bertz CT molecular complexity index is 393. The predicted octanol–water partition coefficient (Wildman–Crippen LogP) is 1.18. The minimum Gasteiger partial charge on any atom is -0.469 e. The Morgan fingerprint density at radius 1 is 1.44 bits per heavy atom. The lowest BCUT2D eigenvalue weighted by atomic mass is 10.1. The number of aliphatic hydroxyl groups excluding tert-OH is 1. The SMILES string of the molecule is COC(=O)C[C@@H]1C[C@@H](O)CN1Cc1ccccc1. The first-order chi connectivity index (χ1) is 8.69. The maximum absolute atomic E-state index is 11.3. The third kappa shape index (κ3) is 3.31. The second-order valence-corrected chi connectivity index (χ2v) is 4.74. The van der Waals surface area contributed by atoms with Crippen molar-refractivity contribution in [3.63, 3.8) is 0 Å². The first-order valence-electron chi connectivity index (χ1n) is 6.22. The van der Waals surface area contributed by atoms with E-state index in [1.54, 1.807) is 0 Å². The van der Waals surface area contributed by atoms with Gasteiger partial charge in [0.15, 0.2) is 0 Å². The van der Waals surface area contributed by atoms with Crippen LogP contribution in [-0.2, 0) is 16.1 Å². The van der Waals surface area contributed by atoms with Crippen LogP contribution in [0, 0.1) is 0 Å². The zero-order valence-electron chi connectivity index (χ0n) is 10.6. The molecule has 1 aromatic rings. The monoisotopic (exact) mass is 249 g/mol. The second-order valence-electron chi connectivity index (χ2n) is 4.74. The topological polar surface area (TPSA) is 49.8 Å². The molecule has 0 spiro atoms. The molecule has 0 aliphatic carbocycles. The van der Waals surface area contributed by atoms with E-state index in [0.717, 1.165) is 6.54 Å². The van der Waals surface area contributed by atoms with Gasteiger partial charge in [0.2, 0.25) is 0 Å². The first-order valence-corrected chi connectivity index (χ1v) is 6.22. The minimum absolute atomic E-state index is 0.0765. The van der Waals surface area contributed by atoms with Gasteiger partial charge in [-0.15, -0.1) is 0 Å². The van der Waals surface area contributed by atoms with Crippen LogP contribution in [0.2, 0.25) is 0 Å². The lowest BCUT2D eigenvalue weighted by molar-refractivity contribution is -0.141. The predicted molar refractivity (Wildman–Crippen MR) is 67.9 cm³/mol. The Hall–Kier alpha value is -1.39. The van der Waals surface area contributed by atoms with Gasteiger partial charge in [-0.05, 0) is 12.0 Å². The third-order valence-electron chi connectivity index (χ3n) is 3.36. The number of aliphatic hydroxyl groups is 1. The smallest absolute Gasteiger partial charge is 0.307 e. The first kappa shape index (κ1) is 13.1. The number of benzene rings is 1. The highest BCUT2D eigenvalue weighted by Gasteiger charge is 2.32. The Kier molecular flexibility index (Phi) is 4.33. The molecular formula is C14H19NO3. The van der Waals surface area contributed by atoms with E-state index in [-0.39, 0.29) is 18.1 Å². The maximum atomic E-state index is 11.3. The normalized spacial score (nSPS) is 24.1. The van der Waals surface area contributed by atoms with Gasteiger partial charge >= 0.3 is 5.97 Å². The van der Waals surface area contributed by atoms with Crippen molar-refractivity contribution in [2.24, 2.45) is 0 Å². The molecule has 0 radical (unpaired) electrons. The summed E-state index contributed by atoms with van der Waals surface area (Å²) in [5.74, 6) is -0.216. The molecule has 1 aromatic carbocycles. The van der Waals surface area contributed by atoms with Gasteiger partial charge in [-0.1, -0.05) is 30.3 Å². The number of methoxy groups -OCH3 is 1. The minimum atomic E-state index is -0.344. The average Bonchev–Trinajstić information content (AvgIpc) is 2.70. The summed E-state index contributed by atoms with van der Waals surface area (Å²) in [4.78, 5) is 13.5. The van der Waals surface area contributed by atoms with Crippen molar-refractivity contribution in [3.05, 3.63) is 35.9 Å². The van der Waals surface area contributed by atoms with Crippen LogP contribution < -0.4 is 0 Å². The van der Waals surface area contributed by atoms with Gasteiger partial charge in [-0.25, -0.2) is 0 Å². The van der Waals surface area contributed by atoms with E-state index >= 15 is 0 Å². The molecule has 0 bridgehead atoms. The van der Waals surface area contributed by atoms with Gasteiger partial charge in [-0.3, -0.25) is 9.69 Å². The molecule has 0 saturated carbocycles. The van der Waals surface area contributed by atoms with E-state index in [1.165, 1.54) is 12.7 Å². The number of carbonyl (C=O) groups is 1. The molecule has 4 nitrogen and oxygen atoms in total. The summed E-state index contributed by atoms with van der Waals surface area (Å²) < 4.78 is 4.70. The summed E-state index contributed by atoms with van der Waals surface area (Å²) in [6.07, 6.45) is 0.644. The van der Waals surface area contributed by atoms with E-state index in [9.17, 15) is 9.90 Å². The summed E-state index contributed by atoms with van der Waals surface area (Å²) in [5.41, 5.74) is 1.20. The number of likely N-dealkylation sites (tertiary alicyclic amines) is 1. The third-order valence-corrected chi connectivity index (χ3v) is 3.36. The molecule has 1 fully saturated rings. The average molecular weight is 249 g/mol. The van der Waals surface area contributed by atoms with Crippen LogP contribution in [0.5, 0.6) is 0 Å². The maximum Gasteiger partial charge on any atom is 0.307 e. The molecule has 0 amide bonds. The molecule has 0 unspecified atom stereocenters. The van der Waals surface area contributed by atoms with Crippen LogP contribution in [0.3, 0.4) is 0 Å². The molecule has 1 aliphatic rings. The fraction of sp³-hybridized carbons (Fsp3) is 0.500. The number of rotatable bonds is 4. The number of esters is 1. The van der Waals surface area contributed by atoms with Crippen molar-refractivity contribution >= 4 is 5.97 Å². The molecule has 0 aromatic heterocycles. The molecule has 1 aliphatic heterocycles. The lowest BCUT2D eigenvalue weighted by Crippen LogP contribution is -2.31. The number of carbonyl (C=O) groups excluding carboxylic acids is 1. The van der Waals surface area contributed by atoms with Gasteiger partial charge in [0, 0.05) is 19.1 Å². The lowest BCUT2D eigenvalue weighted by Gasteiger charge is -2.23. The van der Waals surface area contributed by atoms with Gasteiger partial charge in [-0.2, -0.15) is 0 Å². The quantitative estimate of drug-likeness (QED) is 0.814. The molecule has 1 heterocycles. The highest BCUT2D eigenvalue weighted by molar-refractivity contribution is 5.70. The largest absolute Gasteiger partial charge is 0.469 e. The summed E-state index contributed by atoms with van der Waals surface area (Å²) in [7, 11) is 1.40. The van der Waals surface area contributed by atoms with Crippen molar-refractivity contribution in [1.29, 1.82) is 0 Å². The van der Waals surface area contributed by atoms with Crippen molar-refractivity contribution in [1.82, 2.24) is 4.90 Å². The zero-order chi connectivity index (χ0) is 13.0. The Labute approximate surface area is 107 Å². The summed E-state index contributed by atoms with van der Waals surface area (Å²) >= 11 is 0. The van der Waals surface area contributed by atoms with Gasteiger partial charge < -0.3 is 9.84 Å².